The number of likely N-dealkylation sites (tertiary alicyclic amines) is 1. The van der Waals surface area contributed by atoms with Gasteiger partial charge in [0.15, 0.2) is 0 Å². The first kappa shape index (κ1) is 28.9. The van der Waals surface area contributed by atoms with Crippen LogP contribution in [0.3, 0.4) is 0 Å². The number of aromatic hydroxyl groups is 1. The standard InChI is InChI=1S/C30H42N4O5/c1-4-5-14-39-30(25-9-7-6-8-21(25)2)18-34(19-30)29(37)26(15-22-10-12-24(38-3)16-27(22)35)33-28(36)13-11-23-17-31-20-32-23/h6-10,12,16,23,26,31-32,35H,4-5,11,13-15,17-20H2,1-3H3,(H,33,36). The zero-order chi connectivity index (χ0) is 27.8. The molecule has 2 amide bonds. The Hall–Kier alpha value is -3.14. The highest BCUT2D eigenvalue weighted by molar-refractivity contribution is 5.88. The number of hydrogen-bond donors (Lipinski definition) is 4. The normalized spacial score (nSPS) is 18.8. The molecule has 0 aromatic heterocycles. The first-order valence-electron chi connectivity index (χ1n) is 13.9. The topological polar surface area (TPSA) is 112 Å². The number of hydrogen-bond acceptors (Lipinski definition) is 7. The van der Waals surface area contributed by atoms with Crippen LogP contribution in [0.2, 0.25) is 0 Å². The van der Waals surface area contributed by atoms with Crippen molar-refractivity contribution >= 4 is 11.8 Å². The molecular weight excluding hydrogens is 496 g/mol. The van der Waals surface area contributed by atoms with Gasteiger partial charge in [0.05, 0.1) is 20.2 Å². The maximum atomic E-state index is 13.8. The van der Waals surface area contributed by atoms with Gasteiger partial charge in [0.1, 0.15) is 23.1 Å². The van der Waals surface area contributed by atoms with Gasteiger partial charge in [-0.25, -0.2) is 0 Å². The van der Waals surface area contributed by atoms with E-state index in [1.807, 2.05) is 12.1 Å². The van der Waals surface area contributed by atoms with E-state index in [2.05, 4.69) is 41.9 Å². The molecule has 0 radical (unpaired) electrons. The largest absolute Gasteiger partial charge is 0.508 e. The van der Waals surface area contributed by atoms with Crippen molar-refractivity contribution in [2.75, 3.05) is 40.0 Å². The Morgan fingerprint density at radius 3 is 2.69 bits per heavy atom. The molecule has 0 saturated carbocycles. The van der Waals surface area contributed by atoms with Crippen molar-refractivity contribution in [3.8, 4) is 11.5 Å². The molecule has 2 unspecified atom stereocenters. The summed E-state index contributed by atoms with van der Waals surface area (Å²) in [5, 5.41) is 20.1. The first-order chi connectivity index (χ1) is 18.8. The smallest absolute Gasteiger partial charge is 0.245 e. The Morgan fingerprint density at radius 2 is 2.03 bits per heavy atom. The number of nitrogens with one attached hydrogen (secondary N) is 3. The van der Waals surface area contributed by atoms with Crippen molar-refractivity contribution in [3.05, 3.63) is 59.2 Å². The zero-order valence-electron chi connectivity index (χ0n) is 23.3. The summed E-state index contributed by atoms with van der Waals surface area (Å²) in [7, 11) is 1.53. The minimum absolute atomic E-state index is 0.0309. The number of rotatable bonds is 13. The van der Waals surface area contributed by atoms with Crippen LogP contribution in [0.1, 0.15) is 49.3 Å². The summed E-state index contributed by atoms with van der Waals surface area (Å²) in [6.07, 6.45) is 3.14. The summed E-state index contributed by atoms with van der Waals surface area (Å²) in [6, 6.07) is 12.6. The Bertz CT molecular complexity index is 1130. The molecule has 0 spiro atoms. The molecule has 2 aliphatic rings. The van der Waals surface area contributed by atoms with Gasteiger partial charge in [-0.3, -0.25) is 9.59 Å². The van der Waals surface area contributed by atoms with E-state index in [1.54, 1.807) is 17.0 Å². The number of unbranched alkanes of at least 4 members (excludes halogenated alkanes) is 1. The van der Waals surface area contributed by atoms with Crippen molar-refractivity contribution < 1.29 is 24.2 Å². The zero-order valence-corrected chi connectivity index (χ0v) is 23.3. The fourth-order valence-electron chi connectivity index (χ4n) is 5.36. The number of benzene rings is 2. The van der Waals surface area contributed by atoms with Crippen molar-refractivity contribution in [2.45, 2.75) is 63.6 Å². The number of methoxy groups -OCH3 is 1. The van der Waals surface area contributed by atoms with Gasteiger partial charge in [0.2, 0.25) is 11.8 Å². The second-order valence-electron chi connectivity index (χ2n) is 10.6. The van der Waals surface area contributed by atoms with Crippen LogP contribution >= 0.6 is 0 Å². The molecule has 2 heterocycles. The van der Waals surface area contributed by atoms with Crippen molar-refractivity contribution in [1.82, 2.24) is 20.9 Å². The first-order valence-corrected chi connectivity index (χ1v) is 13.9. The monoisotopic (exact) mass is 538 g/mol. The van der Waals surface area contributed by atoms with Crippen LogP contribution in [-0.2, 0) is 26.3 Å². The lowest BCUT2D eigenvalue weighted by Crippen LogP contribution is -2.66. The van der Waals surface area contributed by atoms with Crippen LogP contribution in [0.4, 0.5) is 0 Å². The van der Waals surface area contributed by atoms with Gasteiger partial charge in [-0.2, -0.15) is 0 Å². The molecule has 9 nitrogen and oxygen atoms in total. The molecule has 0 bridgehead atoms. The molecule has 2 atom stereocenters. The molecule has 2 aromatic carbocycles. The van der Waals surface area contributed by atoms with Gasteiger partial charge >= 0.3 is 0 Å². The Balaban J connectivity index is 1.49. The van der Waals surface area contributed by atoms with Crippen LogP contribution in [0.15, 0.2) is 42.5 Å². The van der Waals surface area contributed by atoms with E-state index >= 15 is 0 Å². The number of nitrogens with zero attached hydrogens (tertiary/aromatic N) is 1. The maximum Gasteiger partial charge on any atom is 0.245 e. The van der Waals surface area contributed by atoms with Crippen LogP contribution < -0.4 is 20.7 Å². The molecule has 212 valence electrons. The van der Waals surface area contributed by atoms with Gasteiger partial charge < -0.3 is 35.4 Å². The number of ether oxygens (including phenoxy) is 2. The predicted octanol–water partition coefficient (Wildman–Crippen LogP) is 2.59. The lowest BCUT2D eigenvalue weighted by atomic mass is 9.82. The van der Waals surface area contributed by atoms with Crippen molar-refractivity contribution in [3.63, 3.8) is 0 Å². The summed E-state index contributed by atoms with van der Waals surface area (Å²) in [5.74, 6) is 0.196. The highest BCUT2D eigenvalue weighted by Crippen LogP contribution is 2.38. The Morgan fingerprint density at radius 1 is 1.23 bits per heavy atom. The fraction of sp³-hybridized carbons (Fsp3) is 0.533. The number of amides is 2. The molecule has 9 heteroatoms. The highest BCUT2D eigenvalue weighted by Gasteiger charge is 2.49. The number of phenolic OH excluding ortho intramolecular Hbond substituents is 1. The van der Waals surface area contributed by atoms with Crippen LogP contribution in [0, 0.1) is 6.92 Å². The Kier molecular flexibility index (Phi) is 9.83. The fourth-order valence-corrected chi connectivity index (χ4v) is 5.36. The summed E-state index contributed by atoms with van der Waals surface area (Å²) < 4.78 is 11.6. The number of carbonyl (C=O) groups is 2. The predicted molar refractivity (Wildman–Crippen MR) is 150 cm³/mol. The summed E-state index contributed by atoms with van der Waals surface area (Å²) >= 11 is 0. The van der Waals surface area contributed by atoms with Gasteiger partial charge in [-0.15, -0.1) is 0 Å². The van der Waals surface area contributed by atoms with E-state index in [1.165, 1.54) is 13.2 Å². The van der Waals surface area contributed by atoms with Crippen LogP contribution in [-0.4, -0.2) is 73.9 Å². The number of carbonyl (C=O) groups excluding carboxylic acids is 2. The lowest BCUT2D eigenvalue weighted by Gasteiger charge is -2.51. The molecule has 2 saturated heterocycles. The third-order valence-electron chi connectivity index (χ3n) is 7.69. The minimum Gasteiger partial charge on any atom is -0.508 e. The van der Waals surface area contributed by atoms with Crippen LogP contribution in [0.5, 0.6) is 11.5 Å². The van der Waals surface area contributed by atoms with E-state index in [0.29, 0.717) is 43.9 Å². The lowest BCUT2D eigenvalue weighted by molar-refractivity contribution is -0.175. The molecule has 4 N–H and O–H groups in total. The van der Waals surface area contributed by atoms with E-state index in [0.717, 1.165) is 37.2 Å². The third-order valence-corrected chi connectivity index (χ3v) is 7.69. The van der Waals surface area contributed by atoms with Gasteiger partial charge in [0, 0.05) is 44.8 Å². The van der Waals surface area contributed by atoms with E-state index in [-0.39, 0.29) is 30.0 Å². The SMILES string of the molecule is CCCCOC1(c2ccccc2C)CN(C(=O)C(Cc2ccc(OC)cc2O)NC(=O)CCC2CNCN2)C1. The average molecular weight is 539 g/mol. The molecule has 2 aliphatic heterocycles. The Labute approximate surface area is 231 Å². The molecule has 0 aliphatic carbocycles. The van der Waals surface area contributed by atoms with E-state index < -0.39 is 11.6 Å². The second-order valence-corrected chi connectivity index (χ2v) is 10.6. The van der Waals surface area contributed by atoms with Gasteiger partial charge in [-0.05, 0) is 42.5 Å². The van der Waals surface area contributed by atoms with Crippen molar-refractivity contribution in [2.24, 2.45) is 0 Å². The molecule has 2 fully saturated rings. The van der Waals surface area contributed by atoms with Crippen molar-refractivity contribution in [1.29, 1.82) is 0 Å². The minimum atomic E-state index is -0.808. The van der Waals surface area contributed by atoms with Gasteiger partial charge in [0.25, 0.3) is 0 Å². The van der Waals surface area contributed by atoms with Crippen LogP contribution in [0.25, 0.3) is 0 Å². The van der Waals surface area contributed by atoms with Gasteiger partial charge in [-0.1, -0.05) is 43.7 Å². The quantitative estimate of drug-likeness (QED) is 0.290. The summed E-state index contributed by atoms with van der Waals surface area (Å²) in [5.41, 5.74) is 2.23. The van der Waals surface area contributed by atoms with E-state index in [9.17, 15) is 14.7 Å². The molecule has 4 rings (SSSR count). The summed E-state index contributed by atoms with van der Waals surface area (Å²) in [6.45, 7) is 7.20. The van der Waals surface area contributed by atoms with E-state index in [4.69, 9.17) is 9.47 Å². The molecular formula is C30H42N4O5. The highest BCUT2D eigenvalue weighted by atomic mass is 16.5. The average Bonchev–Trinajstić information content (AvgIpc) is 3.43. The number of aryl methyl sites for hydroxylation is 1. The third kappa shape index (κ3) is 7.09. The summed E-state index contributed by atoms with van der Waals surface area (Å²) in [4.78, 5) is 28.5. The number of phenols is 1. The second kappa shape index (κ2) is 13.3. The maximum absolute atomic E-state index is 13.8. The molecule has 2 aromatic rings. The molecule has 39 heavy (non-hydrogen) atoms.